The van der Waals surface area contributed by atoms with Crippen LogP contribution in [0.3, 0.4) is 0 Å². The Hall–Kier alpha value is -4.01. The zero-order valence-electron chi connectivity index (χ0n) is 15.7. The molecule has 156 valence electrons. The summed E-state index contributed by atoms with van der Waals surface area (Å²) in [6.45, 7) is -0.542. The monoisotopic (exact) mass is 427 g/mol. The molecule has 1 heterocycles. The fourth-order valence-corrected chi connectivity index (χ4v) is 3.11. The second kappa shape index (κ2) is 8.02. The molecule has 0 saturated carbocycles. The molecule has 0 unspecified atom stereocenters. The summed E-state index contributed by atoms with van der Waals surface area (Å²) >= 11 is 0. The van der Waals surface area contributed by atoms with Gasteiger partial charge in [0, 0.05) is 22.7 Å². The molecule has 1 amide bonds. The number of rotatable bonds is 4. The highest BCUT2D eigenvalue weighted by Gasteiger charge is 2.16. The van der Waals surface area contributed by atoms with E-state index in [1.165, 1.54) is 18.2 Å². The number of nitrogens with one attached hydrogen (secondary N) is 1. The number of aromatic nitrogens is 2. The quantitative estimate of drug-likeness (QED) is 0.495. The van der Waals surface area contributed by atoms with Crippen LogP contribution in [0.2, 0.25) is 0 Å². The molecular formula is C22H13F4N3O2. The molecule has 0 radical (unpaired) electrons. The minimum atomic E-state index is -1.14. The number of hydrogen-bond acceptors (Lipinski definition) is 3. The zero-order chi connectivity index (χ0) is 22.1. The molecule has 31 heavy (non-hydrogen) atoms. The van der Waals surface area contributed by atoms with Crippen LogP contribution >= 0.6 is 0 Å². The van der Waals surface area contributed by atoms with Gasteiger partial charge in [0.25, 0.3) is 5.56 Å². The summed E-state index contributed by atoms with van der Waals surface area (Å²) in [5, 5.41) is 7.15. The van der Waals surface area contributed by atoms with E-state index in [2.05, 4.69) is 10.4 Å². The number of hydrogen-bond donors (Lipinski definition) is 1. The van der Waals surface area contributed by atoms with Gasteiger partial charge >= 0.3 is 0 Å². The molecule has 0 spiro atoms. The summed E-state index contributed by atoms with van der Waals surface area (Å²) in [7, 11) is 0. The standard InChI is InChI=1S/C22H13F4N3O2/c23-16-7-5-12(9-18(16)25)21-14-3-1-2-4-15(14)22(31)29(28-21)11-20(30)27-13-6-8-17(24)19(26)10-13/h1-10H,11H2,(H,27,30). The Morgan fingerprint density at radius 2 is 1.48 bits per heavy atom. The van der Waals surface area contributed by atoms with Gasteiger partial charge in [-0.15, -0.1) is 0 Å². The maximum absolute atomic E-state index is 13.8. The lowest BCUT2D eigenvalue weighted by Gasteiger charge is -2.12. The van der Waals surface area contributed by atoms with Crippen molar-refractivity contribution in [2.75, 3.05) is 5.32 Å². The maximum atomic E-state index is 13.8. The van der Waals surface area contributed by atoms with Crippen molar-refractivity contribution < 1.29 is 22.4 Å². The van der Waals surface area contributed by atoms with Gasteiger partial charge in [0.2, 0.25) is 5.91 Å². The van der Waals surface area contributed by atoms with Gasteiger partial charge in [-0.05, 0) is 36.4 Å². The number of carbonyl (C=O) groups excluding carboxylic acids is 1. The summed E-state index contributed by atoms with van der Waals surface area (Å²) in [6.07, 6.45) is 0. The van der Waals surface area contributed by atoms with Gasteiger partial charge in [-0.25, -0.2) is 22.2 Å². The average Bonchev–Trinajstić information content (AvgIpc) is 2.75. The van der Waals surface area contributed by atoms with Crippen LogP contribution in [0.15, 0.2) is 65.5 Å². The molecule has 9 heteroatoms. The van der Waals surface area contributed by atoms with Crippen LogP contribution in [0.4, 0.5) is 23.2 Å². The van der Waals surface area contributed by atoms with Gasteiger partial charge in [-0.3, -0.25) is 9.59 Å². The molecule has 5 nitrogen and oxygen atoms in total. The van der Waals surface area contributed by atoms with Crippen molar-refractivity contribution >= 4 is 22.4 Å². The third-order valence-electron chi connectivity index (χ3n) is 4.56. The Kier molecular flexibility index (Phi) is 5.24. The minimum Gasteiger partial charge on any atom is -0.324 e. The second-order valence-corrected chi connectivity index (χ2v) is 6.66. The van der Waals surface area contributed by atoms with E-state index in [-0.39, 0.29) is 22.3 Å². The van der Waals surface area contributed by atoms with Crippen molar-refractivity contribution in [3.05, 3.63) is 94.3 Å². The van der Waals surface area contributed by atoms with Crippen molar-refractivity contribution in [3.8, 4) is 11.3 Å². The molecule has 0 saturated heterocycles. The third-order valence-corrected chi connectivity index (χ3v) is 4.56. The molecule has 0 fully saturated rings. The molecule has 4 aromatic rings. The van der Waals surface area contributed by atoms with Crippen molar-refractivity contribution in [2.24, 2.45) is 0 Å². The molecular weight excluding hydrogens is 414 g/mol. The Bertz CT molecular complexity index is 1390. The zero-order valence-corrected chi connectivity index (χ0v) is 15.7. The predicted octanol–water partition coefficient (Wildman–Crippen LogP) is 4.26. The van der Waals surface area contributed by atoms with Crippen LogP contribution in [-0.4, -0.2) is 15.7 Å². The van der Waals surface area contributed by atoms with Crippen LogP contribution in [0, 0.1) is 23.3 Å². The average molecular weight is 427 g/mol. The third kappa shape index (κ3) is 4.02. The lowest BCUT2D eigenvalue weighted by Crippen LogP contribution is -2.30. The molecule has 1 aromatic heterocycles. The number of carbonyl (C=O) groups is 1. The summed E-state index contributed by atoms with van der Waals surface area (Å²) < 4.78 is 54.4. The van der Waals surface area contributed by atoms with E-state index < -0.39 is 41.3 Å². The van der Waals surface area contributed by atoms with E-state index in [0.29, 0.717) is 5.39 Å². The number of benzene rings is 3. The van der Waals surface area contributed by atoms with Gasteiger partial charge in [0.05, 0.1) is 11.1 Å². The largest absolute Gasteiger partial charge is 0.324 e. The fraction of sp³-hybridized carbons (Fsp3) is 0.0455. The number of fused-ring (bicyclic) bond motifs is 1. The Labute approximate surface area is 172 Å². The molecule has 0 aliphatic heterocycles. The van der Waals surface area contributed by atoms with Gasteiger partial charge in [-0.1, -0.05) is 18.2 Å². The number of amides is 1. The van der Waals surface area contributed by atoms with Gasteiger partial charge < -0.3 is 5.32 Å². The van der Waals surface area contributed by atoms with Crippen LogP contribution in [0.1, 0.15) is 0 Å². The first-order valence-corrected chi connectivity index (χ1v) is 9.03. The summed E-state index contributed by atoms with van der Waals surface area (Å²) in [6, 6.07) is 12.4. The number of nitrogens with zero attached hydrogens (tertiary/aromatic N) is 2. The minimum absolute atomic E-state index is 0.00133. The van der Waals surface area contributed by atoms with Gasteiger partial charge in [0.1, 0.15) is 6.54 Å². The van der Waals surface area contributed by atoms with Crippen molar-refractivity contribution in [2.45, 2.75) is 6.54 Å². The highest BCUT2D eigenvalue weighted by atomic mass is 19.2. The van der Waals surface area contributed by atoms with Crippen LogP contribution in [0.5, 0.6) is 0 Å². The van der Waals surface area contributed by atoms with Crippen LogP contribution in [-0.2, 0) is 11.3 Å². The Balaban J connectivity index is 1.74. The van der Waals surface area contributed by atoms with E-state index in [9.17, 15) is 27.2 Å². The van der Waals surface area contributed by atoms with Gasteiger partial charge in [-0.2, -0.15) is 5.10 Å². The SMILES string of the molecule is O=C(Cn1nc(-c2ccc(F)c(F)c2)c2ccccc2c1=O)Nc1ccc(F)c(F)c1. The molecule has 4 rings (SSSR count). The summed E-state index contributed by atoms with van der Waals surface area (Å²) in [5.74, 6) is -5.04. The van der Waals surface area contributed by atoms with E-state index in [1.54, 1.807) is 18.2 Å². The first-order valence-electron chi connectivity index (χ1n) is 9.03. The number of anilines is 1. The fourth-order valence-electron chi connectivity index (χ4n) is 3.11. The molecule has 3 aromatic carbocycles. The molecule has 0 aliphatic rings. The molecule has 0 atom stereocenters. The number of halogens is 4. The predicted molar refractivity (Wildman–Crippen MR) is 106 cm³/mol. The summed E-state index contributed by atoms with van der Waals surface area (Å²) in [4.78, 5) is 25.2. The van der Waals surface area contributed by atoms with Gasteiger partial charge in [0.15, 0.2) is 23.3 Å². The van der Waals surface area contributed by atoms with E-state index in [0.717, 1.165) is 28.9 Å². The highest BCUT2D eigenvalue weighted by molar-refractivity contribution is 5.94. The lowest BCUT2D eigenvalue weighted by atomic mass is 10.0. The summed E-state index contributed by atoms with van der Waals surface area (Å²) in [5.41, 5.74) is -0.194. The smallest absolute Gasteiger partial charge is 0.275 e. The second-order valence-electron chi connectivity index (χ2n) is 6.66. The van der Waals surface area contributed by atoms with Crippen molar-refractivity contribution in [1.29, 1.82) is 0 Å². The first kappa shape index (κ1) is 20.3. The van der Waals surface area contributed by atoms with E-state index >= 15 is 0 Å². The first-order chi connectivity index (χ1) is 14.8. The maximum Gasteiger partial charge on any atom is 0.275 e. The Morgan fingerprint density at radius 3 is 2.16 bits per heavy atom. The van der Waals surface area contributed by atoms with Crippen molar-refractivity contribution in [1.82, 2.24) is 9.78 Å². The molecule has 1 N–H and O–H groups in total. The van der Waals surface area contributed by atoms with E-state index in [1.807, 2.05) is 0 Å². The molecule has 0 bridgehead atoms. The van der Waals surface area contributed by atoms with Crippen LogP contribution in [0.25, 0.3) is 22.0 Å². The molecule has 0 aliphatic carbocycles. The Morgan fingerprint density at radius 1 is 0.839 bits per heavy atom. The normalized spacial score (nSPS) is 11.0. The van der Waals surface area contributed by atoms with Crippen LogP contribution < -0.4 is 10.9 Å². The lowest BCUT2D eigenvalue weighted by molar-refractivity contribution is -0.117. The highest BCUT2D eigenvalue weighted by Crippen LogP contribution is 2.26. The van der Waals surface area contributed by atoms with Crippen molar-refractivity contribution in [3.63, 3.8) is 0 Å². The van der Waals surface area contributed by atoms with E-state index in [4.69, 9.17) is 0 Å². The topological polar surface area (TPSA) is 64.0 Å².